The van der Waals surface area contributed by atoms with E-state index in [1.165, 1.54) is 16.8 Å². The van der Waals surface area contributed by atoms with Gasteiger partial charge in [0, 0.05) is 24.2 Å². The summed E-state index contributed by atoms with van der Waals surface area (Å²) in [5, 5.41) is 13.7. The van der Waals surface area contributed by atoms with Gasteiger partial charge >= 0.3 is 13.4 Å². The molecule has 1 aliphatic rings. The summed E-state index contributed by atoms with van der Waals surface area (Å²) in [5.41, 5.74) is 0.977. The number of aryl methyl sites for hydroxylation is 1. The Labute approximate surface area is 226 Å². The van der Waals surface area contributed by atoms with Crippen LogP contribution in [0.4, 0.5) is 0 Å². The van der Waals surface area contributed by atoms with Crippen LogP contribution in [0.3, 0.4) is 0 Å². The van der Waals surface area contributed by atoms with Crippen molar-refractivity contribution in [3.63, 3.8) is 0 Å². The maximum atomic E-state index is 13.8. The first-order chi connectivity index (χ1) is 18.6. The third-order valence-corrected chi connectivity index (χ3v) is 8.15. The van der Waals surface area contributed by atoms with Gasteiger partial charge in [0.05, 0.1) is 25.9 Å². The minimum Gasteiger partial charge on any atom is -0.413 e. The fourth-order valence-electron chi connectivity index (χ4n) is 4.28. The highest BCUT2D eigenvalue weighted by Gasteiger charge is 2.44. The number of aromatic nitrogens is 2. The summed E-state index contributed by atoms with van der Waals surface area (Å²) in [4.78, 5) is 25.9. The highest BCUT2D eigenvalue weighted by atomic mass is 31.2. The van der Waals surface area contributed by atoms with Gasteiger partial charge in [-0.2, -0.15) is 0 Å². The molecule has 1 fully saturated rings. The number of aliphatic hydroxyl groups is 1. The molecule has 4 rings (SSSR count). The first-order valence-electron chi connectivity index (χ1n) is 12.7. The molecule has 3 N–H and O–H groups in total. The molecule has 1 aromatic heterocycles. The lowest BCUT2D eigenvalue weighted by Crippen LogP contribution is -2.34. The molecule has 2 aromatic carbocycles. The zero-order valence-electron chi connectivity index (χ0n) is 22.1. The maximum Gasteiger partial charge on any atom is 0.459 e. The molecular formula is C27H34N3O8P. The van der Waals surface area contributed by atoms with Crippen molar-refractivity contribution in [2.45, 2.75) is 51.9 Å². The fourth-order valence-corrected chi connectivity index (χ4v) is 5.82. The third-order valence-electron chi connectivity index (χ3n) is 6.45. The van der Waals surface area contributed by atoms with E-state index >= 15 is 0 Å². The highest BCUT2D eigenvalue weighted by molar-refractivity contribution is 7.52. The smallest absolute Gasteiger partial charge is 0.413 e. The van der Waals surface area contributed by atoms with Gasteiger partial charge in [-0.1, -0.05) is 49.4 Å². The molecule has 1 saturated heterocycles. The van der Waals surface area contributed by atoms with Crippen LogP contribution < -0.4 is 20.9 Å². The van der Waals surface area contributed by atoms with E-state index in [-0.39, 0.29) is 13.2 Å². The van der Waals surface area contributed by atoms with E-state index in [1.807, 2.05) is 31.2 Å². The molecule has 210 valence electrons. The van der Waals surface area contributed by atoms with Gasteiger partial charge in [-0.05, 0) is 37.1 Å². The van der Waals surface area contributed by atoms with Gasteiger partial charge in [-0.15, -0.1) is 0 Å². The van der Waals surface area contributed by atoms with Crippen molar-refractivity contribution in [2.24, 2.45) is 5.92 Å². The summed E-state index contributed by atoms with van der Waals surface area (Å²) >= 11 is 0. The number of aliphatic hydroxyl groups excluding tert-OH is 1. The number of hydrogen-bond donors (Lipinski definition) is 3. The van der Waals surface area contributed by atoms with Crippen molar-refractivity contribution in [2.75, 3.05) is 13.2 Å². The van der Waals surface area contributed by atoms with Crippen molar-refractivity contribution < 1.29 is 28.2 Å². The zero-order chi connectivity index (χ0) is 28.0. The Morgan fingerprint density at radius 3 is 2.56 bits per heavy atom. The lowest BCUT2D eigenvalue weighted by molar-refractivity contribution is -0.0446. The lowest BCUT2D eigenvalue weighted by Gasteiger charge is -2.25. The van der Waals surface area contributed by atoms with Crippen LogP contribution in [0.25, 0.3) is 0 Å². The molecule has 3 aromatic rings. The van der Waals surface area contributed by atoms with Gasteiger partial charge in [0.25, 0.3) is 5.56 Å². The number of benzene rings is 2. The molecule has 39 heavy (non-hydrogen) atoms. The maximum absolute atomic E-state index is 13.8. The van der Waals surface area contributed by atoms with E-state index in [2.05, 4.69) is 10.1 Å². The van der Waals surface area contributed by atoms with Crippen LogP contribution in [0.2, 0.25) is 0 Å². The highest BCUT2D eigenvalue weighted by Crippen LogP contribution is 2.46. The number of rotatable bonds is 12. The fraction of sp³-hybridized carbons (Fsp3) is 0.407. The van der Waals surface area contributed by atoms with Gasteiger partial charge in [-0.25, -0.2) is 14.4 Å². The Hall–Kier alpha value is -3.05. The van der Waals surface area contributed by atoms with Crippen molar-refractivity contribution in [3.8, 4) is 5.75 Å². The Morgan fingerprint density at radius 1 is 1.13 bits per heavy atom. The van der Waals surface area contributed by atoms with Crippen LogP contribution in [0.5, 0.6) is 5.75 Å². The number of H-pyrrole nitrogens is 1. The van der Waals surface area contributed by atoms with E-state index in [0.29, 0.717) is 12.4 Å². The van der Waals surface area contributed by atoms with E-state index in [4.69, 9.17) is 18.5 Å². The van der Waals surface area contributed by atoms with Crippen LogP contribution in [0.15, 0.2) is 76.4 Å². The Kier molecular flexibility index (Phi) is 9.55. The second-order valence-electron chi connectivity index (χ2n) is 9.60. The van der Waals surface area contributed by atoms with Gasteiger partial charge < -0.3 is 19.1 Å². The Morgan fingerprint density at radius 2 is 1.85 bits per heavy atom. The lowest BCUT2D eigenvalue weighted by atomic mass is 10.0. The predicted molar refractivity (Wildman–Crippen MR) is 144 cm³/mol. The van der Waals surface area contributed by atoms with E-state index in [9.17, 15) is 19.3 Å². The minimum absolute atomic E-state index is 0.233. The molecule has 1 unspecified atom stereocenters. The van der Waals surface area contributed by atoms with Crippen LogP contribution in [-0.4, -0.2) is 46.1 Å². The van der Waals surface area contributed by atoms with E-state index in [1.54, 1.807) is 44.2 Å². The number of ether oxygens (including phenoxy) is 2. The summed E-state index contributed by atoms with van der Waals surface area (Å²) in [7, 11) is -3.96. The van der Waals surface area contributed by atoms with Crippen LogP contribution in [0.1, 0.15) is 31.2 Å². The molecule has 0 bridgehead atoms. The molecule has 0 radical (unpaired) electrons. The van der Waals surface area contributed by atoms with Crippen LogP contribution in [-0.2, 0) is 25.2 Å². The molecule has 0 saturated carbocycles. The summed E-state index contributed by atoms with van der Waals surface area (Å²) in [5.74, 6) is -0.182. The standard InChI is InChI=1S/C27H34N3O8P/c1-18-9-7-8-10-21(18)16-35-15-19(2)29-39(34,38-22-11-5-4-6-12-22)36-17-23-25(32)20(3)26(37-23)30-14-13-24(31)28-27(30)33/h4-14,19-20,23,25-26,32H,15-17H2,1-3H3,(H,29,34)(H,28,31,33)/t19-,20+,23-,25+,26-,39?/m1/s1. The molecule has 0 amide bonds. The monoisotopic (exact) mass is 559 g/mol. The molecule has 12 heteroatoms. The first kappa shape index (κ1) is 28.9. The molecular weight excluding hydrogens is 525 g/mol. The van der Waals surface area contributed by atoms with Crippen molar-refractivity contribution >= 4 is 7.75 Å². The topological polar surface area (TPSA) is 141 Å². The van der Waals surface area contributed by atoms with Gasteiger partial charge in [-0.3, -0.25) is 18.9 Å². The van der Waals surface area contributed by atoms with E-state index in [0.717, 1.165) is 11.1 Å². The number of nitrogens with one attached hydrogen (secondary N) is 2. The summed E-state index contributed by atoms with van der Waals surface area (Å²) in [6, 6.07) is 17.3. The SMILES string of the molecule is Cc1ccccc1COC[C@@H](C)NP(=O)(OC[C@H]1O[C@@H](n2ccc(=O)[nH]c2=O)[C@@H](C)[C@@H]1O)Oc1ccccc1. The Bertz CT molecular complexity index is 1400. The average molecular weight is 560 g/mol. The molecule has 1 aliphatic heterocycles. The second kappa shape index (κ2) is 12.9. The van der Waals surface area contributed by atoms with Crippen molar-refractivity contribution in [3.05, 3.63) is 98.8 Å². The average Bonchev–Trinajstić information content (AvgIpc) is 3.18. The summed E-state index contributed by atoms with van der Waals surface area (Å²) in [6.45, 7) is 5.86. The number of para-hydroxylation sites is 1. The van der Waals surface area contributed by atoms with Crippen LogP contribution >= 0.6 is 7.75 Å². The van der Waals surface area contributed by atoms with Gasteiger partial charge in [0.2, 0.25) is 0 Å². The normalized spacial score (nSPS) is 23.3. The molecule has 11 nitrogen and oxygen atoms in total. The number of aromatic amines is 1. The van der Waals surface area contributed by atoms with Gasteiger partial charge in [0.1, 0.15) is 18.1 Å². The van der Waals surface area contributed by atoms with Gasteiger partial charge in [0.15, 0.2) is 0 Å². The van der Waals surface area contributed by atoms with Crippen LogP contribution in [0, 0.1) is 12.8 Å². The molecule has 6 atom stereocenters. The first-order valence-corrected chi connectivity index (χ1v) is 14.2. The zero-order valence-corrected chi connectivity index (χ0v) is 23.0. The molecule has 0 spiro atoms. The largest absolute Gasteiger partial charge is 0.459 e. The Balaban J connectivity index is 1.41. The van der Waals surface area contributed by atoms with Crippen molar-refractivity contribution in [1.29, 1.82) is 0 Å². The third kappa shape index (κ3) is 7.54. The molecule has 0 aliphatic carbocycles. The number of nitrogens with zero attached hydrogens (tertiary/aromatic N) is 1. The minimum atomic E-state index is -3.96. The van der Waals surface area contributed by atoms with E-state index < -0.39 is 49.4 Å². The predicted octanol–water partition coefficient (Wildman–Crippen LogP) is 3.14. The summed E-state index contributed by atoms with van der Waals surface area (Å²) in [6.07, 6.45) is -1.49. The number of hydrogen-bond acceptors (Lipinski definition) is 8. The molecule has 2 heterocycles. The van der Waals surface area contributed by atoms with Crippen molar-refractivity contribution in [1.82, 2.24) is 14.6 Å². The quantitative estimate of drug-likeness (QED) is 0.285. The second-order valence-corrected chi connectivity index (χ2v) is 11.3. The summed E-state index contributed by atoms with van der Waals surface area (Å²) < 4.78 is 38.3.